The highest BCUT2D eigenvalue weighted by molar-refractivity contribution is 5.55. The smallest absolute Gasteiger partial charge is 0.119 e. The van der Waals surface area contributed by atoms with Crippen molar-refractivity contribution in [3.63, 3.8) is 0 Å². The van der Waals surface area contributed by atoms with Crippen LogP contribution in [0, 0.1) is 0 Å². The summed E-state index contributed by atoms with van der Waals surface area (Å²) in [4.78, 5) is 5.10. The van der Waals surface area contributed by atoms with Crippen molar-refractivity contribution < 1.29 is 4.74 Å². The van der Waals surface area contributed by atoms with Gasteiger partial charge < -0.3 is 9.64 Å². The SMILES string of the molecule is CCN(CC)CCCN1CC/C(=C/c2ccc(OCc3ccccc3)cc2)C1. The Morgan fingerprint density at radius 3 is 2.46 bits per heavy atom. The third kappa shape index (κ3) is 6.50. The lowest BCUT2D eigenvalue weighted by Gasteiger charge is -2.20. The van der Waals surface area contributed by atoms with Crippen LogP contribution in [0.2, 0.25) is 0 Å². The number of nitrogens with zero attached hydrogens (tertiary/aromatic N) is 2. The van der Waals surface area contributed by atoms with Gasteiger partial charge in [-0.1, -0.05) is 68.0 Å². The van der Waals surface area contributed by atoms with Gasteiger partial charge in [-0.25, -0.2) is 0 Å². The molecule has 0 radical (unpaired) electrons. The van der Waals surface area contributed by atoms with E-state index < -0.39 is 0 Å². The van der Waals surface area contributed by atoms with Gasteiger partial charge in [-0.3, -0.25) is 4.90 Å². The molecule has 0 unspecified atom stereocenters. The molecule has 0 amide bonds. The van der Waals surface area contributed by atoms with Gasteiger partial charge >= 0.3 is 0 Å². The van der Waals surface area contributed by atoms with Crippen LogP contribution >= 0.6 is 0 Å². The summed E-state index contributed by atoms with van der Waals surface area (Å²) in [5.41, 5.74) is 4.01. The van der Waals surface area contributed by atoms with Gasteiger partial charge in [0, 0.05) is 13.1 Å². The third-order valence-electron chi connectivity index (χ3n) is 5.52. The molecule has 1 heterocycles. The van der Waals surface area contributed by atoms with Crippen molar-refractivity contribution in [1.29, 1.82) is 0 Å². The van der Waals surface area contributed by atoms with Crippen LogP contribution in [-0.4, -0.2) is 49.1 Å². The minimum absolute atomic E-state index is 0.615. The topological polar surface area (TPSA) is 15.7 Å². The van der Waals surface area contributed by atoms with Crippen LogP contribution in [0.1, 0.15) is 37.8 Å². The Kier molecular flexibility index (Phi) is 8.13. The number of likely N-dealkylation sites (tertiary alicyclic amines) is 1. The van der Waals surface area contributed by atoms with Crippen molar-refractivity contribution in [1.82, 2.24) is 9.80 Å². The molecule has 0 saturated carbocycles. The molecule has 0 aromatic heterocycles. The normalized spacial score (nSPS) is 16.2. The summed E-state index contributed by atoms with van der Waals surface area (Å²) in [5, 5.41) is 0. The van der Waals surface area contributed by atoms with E-state index in [9.17, 15) is 0 Å². The number of rotatable bonds is 10. The maximum atomic E-state index is 5.88. The first-order valence-corrected chi connectivity index (χ1v) is 10.7. The Labute approximate surface area is 170 Å². The van der Waals surface area contributed by atoms with Crippen LogP contribution in [0.3, 0.4) is 0 Å². The van der Waals surface area contributed by atoms with Crippen LogP contribution in [0.5, 0.6) is 5.75 Å². The van der Waals surface area contributed by atoms with E-state index in [1.165, 1.54) is 43.6 Å². The van der Waals surface area contributed by atoms with E-state index in [0.29, 0.717) is 6.61 Å². The molecular formula is C25H34N2O. The molecule has 3 heteroatoms. The van der Waals surface area contributed by atoms with Gasteiger partial charge in [-0.05, 0) is 62.3 Å². The molecule has 0 bridgehead atoms. The van der Waals surface area contributed by atoms with Crippen LogP contribution in [-0.2, 0) is 6.61 Å². The van der Waals surface area contributed by atoms with Crippen LogP contribution in [0.15, 0.2) is 60.2 Å². The lowest BCUT2D eigenvalue weighted by Crippen LogP contribution is -2.28. The molecule has 1 aliphatic rings. The summed E-state index contributed by atoms with van der Waals surface area (Å²) in [6, 6.07) is 18.8. The quantitative estimate of drug-likeness (QED) is 0.573. The molecule has 0 N–H and O–H groups in total. The number of benzene rings is 2. The van der Waals surface area contributed by atoms with Gasteiger partial charge in [0.15, 0.2) is 0 Å². The van der Waals surface area contributed by atoms with Crippen molar-refractivity contribution in [2.45, 2.75) is 33.3 Å². The second-order valence-corrected chi connectivity index (χ2v) is 7.55. The predicted octanol–water partition coefficient (Wildman–Crippen LogP) is 5.09. The summed E-state index contributed by atoms with van der Waals surface area (Å²) >= 11 is 0. The van der Waals surface area contributed by atoms with Crippen LogP contribution < -0.4 is 4.74 Å². The van der Waals surface area contributed by atoms with Crippen molar-refractivity contribution in [3.05, 3.63) is 71.3 Å². The first-order chi connectivity index (χ1) is 13.8. The van der Waals surface area contributed by atoms with Gasteiger partial charge in [0.1, 0.15) is 12.4 Å². The summed E-state index contributed by atoms with van der Waals surface area (Å²) in [7, 11) is 0. The van der Waals surface area contributed by atoms with E-state index in [4.69, 9.17) is 4.74 Å². The highest BCUT2D eigenvalue weighted by Gasteiger charge is 2.16. The van der Waals surface area contributed by atoms with E-state index in [-0.39, 0.29) is 0 Å². The van der Waals surface area contributed by atoms with E-state index >= 15 is 0 Å². The van der Waals surface area contributed by atoms with Crippen molar-refractivity contribution in [3.8, 4) is 5.75 Å². The molecule has 3 rings (SSSR count). The van der Waals surface area contributed by atoms with E-state index in [0.717, 1.165) is 25.4 Å². The minimum Gasteiger partial charge on any atom is -0.489 e. The Bertz CT molecular complexity index is 720. The molecular weight excluding hydrogens is 344 g/mol. The molecule has 0 aliphatic carbocycles. The summed E-state index contributed by atoms with van der Waals surface area (Å²) < 4.78 is 5.88. The van der Waals surface area contributed by atoms with Crippen molar-refractivity contribution in [2.24, 2.45) is 0 Å². The molecule has 1 fully saturated rings. The molecule has 28 heavy (non-hydrogen) atoms. The molecule has 2 aromatic rings. The fraction of sp³-hybridized carbons (Fsp3) is 0.440. The fourth-order valence-corrected chi connectivity index (χ4v) is 3.75. The van der Waals surface area contributed by atoms with Gasteiger partial charge in [0.25, 0.3) is 0 Å². The Hall–Kier alpha value is -2.10. The maximum absolute atomic E-state index is 5.88. The van der Waals surface area contributed by atoms with Crippen molar-refractivity contribution in [2.75, 3.05) is 39.3 Å². The lowest BCUT2D eigenvalue weighted by molar-refractivity contribution is 0.265. The second kappa shape index (κ2) is 11.0. The molecule has 2 aromatic carbocycles. The Morgan fingerprint density at radius 1 is 1.00 bits per heavy atom. The Morgan fingerprint density at radius 2 is 1.75 bits per heavy atom. The average molecular weight is 379 g/mol. The van der Waals surface area contributed by atoms with E-state index in [2.05, 4.69) is 66.1 Å². The number of ether oxygens (including phenoxy) is 1. The van der Waals surface area contributed by atoms with Crippen LogP contribution in [0.4, 0.5) is 0 Å². The van der Waals surface area contributed by atoms with E-state index in [1.54, 1.807) is 5.57 Å². The lowest BCUT2D eigenvalue weighted by atomic mass is 10.1. The summed E-state index contributed by atoms with van der Waals surface area (Å²) in [6.45, 7) is 12.2. The number of hydrogen-bond acceptors (Lipinski definition) is 3. The average Bonchev–Trinajstić information content (AvgIpc) is 3.18. The summed E-state index contributed by atoms with van der Waals surface area (Å²) in [5.74, 6) is 0.926. The molecule has 0 atom stereocenters. The van der Waals surface area contributed by atoms with Gasteiger partial charge in [0.2, 0.25) is 0 Å². The van der Waals surface area contributed by atoms with Gasteiger partial charge in [-0.15, -0.1) is 0 Å². The largest absolute Gasteiger partial charge is 0.489 e. The zero-order valence-electron chi connectivity index (χ0n) is 17.4. The van der Waals surface area contributed by atoms with Crippen LogP contribution in [0.25, 0.3) is 6.08 Å². The first kappa shape index (κ1) is 20.6. The maximum Gasteiger partial charge on any atom is 0.119 e. The highest BCUT2D eigenvalue weighted by atomic mass is 16.5. The van der Waals surface area contributed by atoms with Crippen molar-refractivity contribution >= 4 is 6.08 Å². The Balaban J connectivity index is 1.44. The standard InChI is InChI=1S/C25H34N2O/c1-3-26(4-2)16-8-17-27-18-15-24(20-27)19-22-11-13-25(14-12-22)28-21-23-9-6-5-7-10-23/h5-7,9-14,19H,3-4,8,15-18,20-21H2,1-2H3/b24-19-. The zero-order chi connectivity index (χ0) is 19.6. The monoisotopic (exact) mass is 378 g/mol. The van der Waals surface area contributed by atoms with E-state index in [1.807, 2.05) is 18.2 Å². The third-order valence-corrected chi connectivity index (χ3v) is 5.52. The summed E-state index contributed by atoms with van der Waals surface area (Å²) in [6.07, 6.45) is 4.81. The number of hydrogen-bond donors (Lipinski definition) is 0. The molecule has 150 valence electrons. The fourth-order valence-electron chi connectivity index (χ4n) is 3.75. The minimum atomic E-state index is 0.615. The molecule has 1 saturated heterocycles. The predicted molar refractivity (Wildman–Crippen MR) is 119 cm³/mol. The second-order valence-electron chi connectivity index (χ2n) is 7.55. The molecule has 3 nitrogen and oxygen atoms in total. The van der Waals surface area contributed by atoms with Gasteiger partial charge in [0.05, 0.1) is 0 Å². The molecule has 0 spiro atoms. The highest BCUT2D eigenvalue weighted by Crippen LogP contribution is 2.21. The molecule has 1 aliphatic heterocycles. The zero-order valence-corrected chi connectivity index (χ0v) is 17.4. The first-order valence-electron chi connectivity index (χ1n) is 10.7. The van der Waals surface area contributed by atoms with Gasteiger partial charge in [-0.2, -0.15) is 0 Å².